The van der Waals surface area contributed by atoms with Crippen molar-refractivity contribution in [1.82, 2.24) is 19.7 Å². The first-order valence-corrected chi connectivity index (χ1v) is 14.4. The molecule has 1 saturated carbocycles. The van der Waals surface area contributed by atoms with Crippen molar-refractivity contribution in [3.8, 4) is 17.2 Å². The van der Waals surface area contributed by atoms with Gasteiger partial charge in [-0.3, -0.25) is 4.68 Å². The summed E-state index contributed by atoms with van der Waals surface area (Å²) in [6.45, 7) is -0.423. The molecule has 2 aromatic heterocycles. The minimum Gasteiger partial charge on any atom is -0.497 e. The second-order valence-electron chi connectivity index (χ2n) is 9.88. The lowest BCUT2D eigenvalue weighted by Gasteiger charge is -2.25. The predicted molar refractivity (Wildman–Crippen MR) is 146 cm³/mol. The zero-order valence-electron chi connectivity index (χ0n) is 23.2. The summed E-state index contributed by atoms with van der Waals surface area (Å²) in [5.41, 5.74) is 0.811. The van der Waals surface area contributed by atoms with E-state index < -0.39 is 69.6 Å². The minimum absolute atomic E-state index is 0.167. The van der Waals surface area contributed by atoms with Crippen LogP contribution in [0.15, 0.2) is 66.1 Å². The van der Waals surface area contributed by atoms with Crippen LogP contribution in [0.2, 0.25) is 0 Å². The molecule has 228 valence electrons. The second kappa shape index (κ2) is 11.7. The van der Waals surface area contributed by atoms with Crippen molar-refractivity contribution in [2.45, 2.75) is 42.2 Å². The average molecular weight is 622 g/mol. The highest BCUT2D eigenvalue weighted by molar-refractivity contribution is 7.92. The highest BCUT2D eigenvalue weighted by Gasteiger charge is 2.49. The first kappa shape index (κ1) is 30.1. The zero-order chi connectivity index (χ0) is 30.9. The number of aryl methyl sites for hydroxylation is 1. The van der Waals surface area contributed by atoms with Gasteiger partial charge in [0.25, 0.3) is 15.9 Å². The van der Waals surface area contributed by atoms with Crippen molar-refractivity contribution in [2.24, 2.45) is 7.05 Å². The van der Waals surface area contributed by atoms with Gasteiger partial charge in [-0.15, -0.1) is 0 Å². The fourth-order valence-electron chi connectivity index (χ4n) is 5.13. The van der Waals surface area contributed by atoms with Crippen LogP contribution in [0.3, 0.4) is 0 Å². The Hall–Kier alpha value is -4.40. The molecule has 0 aliphatic heterocycles. The summed E-state index contributed by atoms with van der Waals surface area (Å²) < 4.78 is 106. The number of hydrogen-bond donors (Lipinski definition) is 0. The Morgan fingerprint density at radius 3 is 2.35 bits per heavy atom. The van der Waals surface area contributed by atoms with Gasteiger partial charge in [0.2, 0.25) is 0 Å². The van der Waals surface area contributed by atoms with Crippen LogP contribution in [0.25, 0.3) is 0 Å². The molecule has 0 unspecified atom stereocenters. The van der Waals surface area contributed by atoms with Crippen molar-refractivity contribution in [2.75, 3.05) is 18.5 Å². The molecule has 0 radical (unpaired) electrons. The largest absolute Gasteiger partial charge is 0.497 e. The van der Waals surface area contributed by atoms with Gasteiger partial charge in [0.15, 0.2) is 4.90 Å². The molecule has 2 heterocycles. The molecule has 10 nitrogen and oxygen atoms in total. The number of methoxy groups -OCH3 is 2. The Morgan fingerprint density at radius 2 is 1.74 bits per heavy atom. The third-order valence-corrected chi connectivity index (χ3v) is 8.95. The van der Waals surface area contributed by atoms with Crippen LogP contribution in [-0.2, 0) is 23.6 Å². The lowest BCUT2D eigenvalue weighted by Crippen LogP contribution is -2.33. The minimum atomic E-state index is -4.95. The van der Waals surface area contributed by atoms with Gasteiger partial charge >= 0.3 is 0 Å². The number of anilines is 1. The van der Waals surface area contributed by atoms with Crippen LogP contribution < -0.4 is 18.5 Å². The Kier molecular flexibility index (Phi) is 8.18. The molecule has 2 atom stereocenters. The molecule has 5 rings (SSSR count). The van der Waals surface area contributed by atoms with Gasteiger partial charge in [0.1, 0.15) is 47.1 Å². The summed E-state index contributed by atoms with van der Waals surface area (Å²) in [4.78, 5) is 6.49. The van der Waals surface area contributed by atoms with Crippen molar-refractivity contribution in [1.29, 1.82) is 0 Å². The molecule has 43 heavy (non-hydrogen) atoms. The summed E-state index contributed by atoms with van der Waals surface area (Å²) in [5.74, 6) is -6.75. The number of nitrogens with zero attached hydrogens (tertiary/aromatic N) is 5. The Bertz CT molecular complexity index is 1700. The highest BCUT2D eigenvalue weighted by atomic mass is 32.2. The summed E-state index contributed by atoms with van der Waals surface area (Å²) in [5, 5.41) is 4.01. The number of aromatic nitrogens is 4. The van der Waals surface area contributed by atoms with Gasteiger partial charge in [-0.1, -0.05) is 0 Å². The van der Waals surface area contributed by atoms with E-state index in [1.54, 1.807) is 25.2 Å². The summed E-state index contributed by atoms with van der Waals surface area (Å²) in [6, 6.07) is 8.80. The summed E-state index contributed by atoms with van der Waals surface area (Å²) in [7, 11) is -0.539. The van der Waals surface area contributed by atoms with Crippen LogP contribution in [0, 0.1) is 11.6 Å². The molecule has 4 aromatic rings. The van der Waals surface area contributed by atoms with E-state index in [2.05, 4.69) is 15.1 Å². The van der Waals surface area contributed by atoms with E-state index >= 15 is 8.78 Å². The van der Waals surface area contributed by atoms with Crippen LogP contribution in [0.5, 0.6) is 17.2 Å². The summed E-state index contributed by atoms with van der Waals surface area (Å²) >= 11 is 0. The molecule has 1 aliphatic rings. The smallest absolute Gasteiger partial charge is 0.271 e. The zero-order valence-corrected chi connectivity index (χ0v) is 24.1. The Balaban J connectivity index is 1.50. The molecule has 0 spiro atoms. The number of alkyl halides is 2. The van der Waals surface area contributed by atoms with Gasteiger partial charge in [-0.05, 0) is 18.2 Å². The van der Waals surface area contributed by atoms with Gasteiger partial charge in [-0.25, -0.2) is 40.3 Å². The van der Waals surface area contributed by atoms with Crippen molar-refractivity contribution in [3.63, 3.8) is 0 Å². The molecule has 0 amide bonds. The van der Waals surface area contributed by atoms with Crippen molar-refractivity contribution in [3.05, 3.63) is 84.1 Å². The topological polar surface area (TPSA) is 109 Å². The number of hydrogen-bond acceptors (Lipinski definition) is 8. The van der Waals surface area contributed by atoms with Crippen molar-refractivity contribution < 1.29 is 40.2 Å². The number of benzene rings is 2. The molecule has 0 saturated heterocycles. The summed E-state index contributed by atoms with van der Waals surface area (Å²) in [6.07, 6.45) is 1.42. The SMILES string of the molecule is COc1ccc(CN(c2ccncn2)S(=O)(=O)c2c(F)cc(O[C@H]3CC(F)(F)C[C@@H]3c3ccnn3C)cc2F)c(OC)c1. The number of ether oxygens (including phenoxy) is 3. The van der Waals surface area contributed by atoms with E-state index in [1.165, 1.54) is 43.4 Å². The molecule has 1 aliphatic carbocycles. The molecule has 0 N–H and O–H groups in total. The standard InChI is InChI=1S/C28H27F4N5O5S/c1-36-23(6-9-35-36)20-13-28(31,32)14-25(20)42-19-10-21(29)27(22(30)11-19)43(38,39)37(26-7-8-33-16-34-26)15-17-4-5-18(40-2)12-24(17)41-3/h4-12,16,20,25H,13-15H2,1-3H3/t20-,25+/m1/s1. The fraction of sp³-hybridized carbons (Fsp3) is 0.321. The lowest BCUT2D eigenvalue weighted by molar-refractivity contribution is -0.00140. The van der Waals surface area contributed by atoms with Crippen LogP contribution in [0.4, 0.5) is 23.4 Å². The maximum atomic E-state index is 15.6. The number of halogens is 4. The molecule has 0 bridgehead atoms. The van der Waals surface area contributed by atoms with Crippen LogP contribution in [-0.4, -0.2) is 54.4 Å². The van der Waals surface area contributed by atoms with E-state index in [0.717, 1.165) is 6.33 Å². The maximum Gasteiger partial charge on any atom is 0.271 e. The van der Waals surface area contributed by atoms with Gasteiger partial charge in [-0.2, -0.15) is 5.10 Å². The molecule has 15 heteroatoms. The quantitative estimate of drug-likeness (QED) is 0.231. The molecule has 2 aromatic carbocycles. The molecule has 1 fully saturated rings. The monoisotopic (exact) mass is 621 g/mol. The van der Waals surface area contributed by atoms with Gasteiger partial charge in [0.05, 0.1) is 20.8 Å². The third-order valence-electron chi connectivity index (χ3n) is 7.14. The average Bonchev–Trinajstić information content (AvgIpc) is 3.52. The first-order chi connectivity index (χ1) is 20.4. The Morgan fingerprint density at radius 1 is 1.00 bits per heavy atom. The van der Waals surface area contributed by atoms with Gasteiger partial charge in [0, 0.05) is 73.7 Å². The fourth-order valence-corrected chi connectivity index (χ4v) is 6.63. The lowest BCUT2D eigenvalue weighted by atomic mass is 10.0. The van der Waals surface area contributed by atoms with E-state index in [1.807, 2.05) is 0 Å². The third kappa shape index (κ3) is 6.07. The predicted octanol–water partition coefficient (Wildman–Crippen LogP) is 4.86. The molecular weight excluding hydrogens is 594 g/mol. The van der Waals surface area contributed by atoms with E-state index in [-0.39, 0.29) is 11.6 Å². The van der Waals surface area contributed by atoms with Crippen LogP contribution >= 0.6 is 0 Å². The van der Waals surface area contributed by atoms with E-state index in [4.69, 9.17) is 14.2 Å². The Labute approximate surface area is 244 Å². The van der Waals surface area contributed by atoms with E-state index in [0.29, 0.717) is 33.4 Å². The van der Waals surface area contributed by atoms with Crippen LogP contribution in [0.1, 0.15) is 30.0 Å². The van der Waals surface area contributed by atoms with Crippen molar-refractivity contribution >= 4 is 15.8 Å². The first-order valence-electron chi connectivity index (χ1n) is 12.9. The normalized spacial score (nSPS) is 17.9. The van der Waals surface area contributed by atoms with Gasteiger partial charge < -0.3 is 14.2 Å². The second-order valence-corrected chi connectivity index (χ2v) is 11.7. The van der Waals surface area contributed by atoms with E-state index in [9.17, 15) is 17.2 Å². The molecular formula is C28H27F4N5O5S. The highest BCUT2D eigenvalue weighted by Crippen LogP contribution is 2.46. The maximum absolute atomic E-state index is 15.6. The number of rotatable bonds is 10. The number of sulfonamides is 1.